The number of halogens is 1. The molecule has 1 aromatic heterocycles. The van der Waals surface area contributed by atoms with Gasteiger partial charge in [-0.1, -0.05) is 0 Å². The number of nitrogens with one attached hydrogen (secondary N) is 3. The molecule has 4 bridgehead atoms. The Labute approximate surface area is 193 Å². The molecular weight excluding hydrogens is 421 g/mol. The van der Waals surface area contributed by atoms with Crippen molar-refractivity contribution in [2.75, 3.05) is 11.9 Å². The number of benzene rings is 1. The number of carbonyl (C=O) groups excluding carboxylic acids is 2. The van der Waals surface area contributed by atoms with Gasteiger partial charge in [0.05, 0.1) is 5.69 Å². The van der Waals surface area contributed by atoms with Crippen LogP contribution in [0.25, 0.3) is 5.69 Å². The second-order valence-corrected chi connectivity index (χ2v) is 10.4. The van der Waals surface area contributed by atoms with Crippen molar-refractivity contribution in [2.45, 2.75) is 64.3 Å². The Balaban J connectivity index is 1.10. The van der Waals surface area contributed by atoms with Crippen molar-refractivity contribution < 1.29 is 14.0 Å². The van der Waals surface area contributed by atoms with Gasteiger partial charge in [0, 0.05) is 29.9 Å². The highest BCUT2D eigenvalue weighted by Gasteiger charge is 2.51. The van der Waals surface area contributed by atoms with Gasteiger partial charge >= 0.3 is 6.03 Å². The van der Waals surface area contributed by atoms with Gasteiger partial charge in [0.2, 0.25) is 5.91 Å². The van der Waals surface area contributed by atoms with Crippen molar-refractivity contribution in [3.63, 3.8) is 0 Å². The van der Waals surface area contributed by atoms with E-state index in [1.54, 1.807) is 16.8 Å². The molecular formula is C25H32FN5O2. The molecule has 1 aromatic carbocycles. The second kappa shape index (κ2) is 8.47. The lowest BCUT2D eigenvalue weighted by Crippen LogP contribution is -2.61. The van der Waals surface area contributed by atoms with E-state index in [9.17, 15) is 14.0 Å². The summed E-state index contributed by atoms with van der Waals surface area (Å²) in [5, 5.41) is 13.1. The highest BCUT2D eigenvalue weighted by atomic mass is 19.1. The minimum absolute atomic E-state index is 0.0498. The first-order valence-electron chi connectivity index (χ1n) is 12.0. The summed E-state index contributed by atoms with van der Waals surface area (Å²) < 4.78 is 16.2. The number of aromatic nitrogens is 2. The van der Waals surface area contributed by atoms with E-state index in [-0.39, 0.29) is 30.4 Å². The van der Waals surface area contributed by atoms with Gasteiger partial charge in [-0.15, -0.1) is 0 Å². The summed E-state index contributed by atoms with van der Waals surface area (Å²) in [4.78, 5) is 24.8. The Bertz CT molecular complexity index is 1040. The first-order valence-corrected chi connectivity index (χ1v) is 12.0. The zero-order valence-electron chi connectivity index (χ0n) is 19.3. The van der Waals surface area contributed by atoms with Crippen LogP contribution >= 0.6 is 0 Å². The monoisotopic (exact) mass is 453 g/mol. The lowest BCUT2D eigenvalue weighted by molar-refractivity contribution is -0.116. The van der Waals surface area contributed by atoms with Crippen molar-refractivity contribution in [1.29, 1.82) is 0 Å². The van der Waals surface area contributed by atoms with Crippen LogP contribution in [0.5, 0.6) is 0 Å². The molecule has 33 heavy (non-hydrogen) atoms. The van der Waals surface area contributed by atoms with Crippen LogP contribution in [0, 0.1) is 37.4 Å². The van der Waals surface area contributed by atoms with Crippen LogP contribution in [0.4, 0.5) is 14.9 Å². The third kappa shape index (κ3) is 4.61. The molecule has 4 saturated carbocycles. The summed E-state index contributed by atoms with van der Waals surface area (Å²) in [6.45, 7) is 3.95. The average Bonchev–Trinajstić information content (AvgIpc) is 3.04. The SMILES string of the molecule is Cc1cc(C)n(-c2ccc(NC(=O)CCNC(=O)NC34CC5CC(CC(C5)C3)C4)cc2F)n1. The number of anilines is 1. The Morgan fingerprint density at radius 1 is 1.09 bits per heavy atom. The van der Waals surface area contributed by atoms with Crippen molar-refractivity contribution in [3.8, 4) is 5.69 Å². The van der Waals surface area contributed by atoms with Gasteiger partial charge in [-0.05, 0) is 94.4 Å². The zero-order valence-corrected chi connectivity index (χ0v) is 19.3. The first kappa shape index (κ1) is 21.9. The van der Waals surface area contributed by atoms with Crippen LogP contribution in [0.2, 0.25) is 0 Å². The maximum absolute atomic E-state index is 14.6. The molecule has 8 heteroatoms. The number of nitrogens with zero attached hydrogens (tertiary/aromatic N) is 2. The Morgan fingerprint density at radius 2 is 1.76 bits per heavy atom. The maximum Gasteiger partial charge on any atom is 0.315 e. The van der Waals surface area contributed by atoms with Crippen LogP contribution in [0.15, 0.2) is 24.3 Å². The van der Waals surface area contributed by atoms with Gasteiger partial charge in [-0.3, -0.25) is 4.79 Å². The van der Waals surface area contributed by atoms with E-state index in [2.05, 4.69) is 21.0 Å². The molecule has 4 fully saturated rings. The number of hydrogen-bond donors (Lipinski definition) is 3. The molecule has 4 aliphatic carbocycles. The fourth-order valence-corrected chi connectivity index (χ4v) is 6.69. The lowest BCUT2D eigenvalue weighted by atomic mass is 9.53. The maximum atomic E-state index is 14.6. The molecule has 1 heterocycles. The minimum Gasteiger partial charge on any atom is -0.338 e. The minimum atomic E-state index is -0.466. The van der Waals surface area contributed by atoms with E-state index in [0.29, 0.717) is 11.4 Å². The quantitative estimate of drug-likeness (QED) is 0.612. The van der Waals surface area contributed by atoms with Gasteiger partial charge in [-0.2, -0.15) is 5.10 Å². The van der Waals surface area contributed by atoms with E-state index in [1.807, 2.05) is 19.9 Å². The molecule has 7 nitrogen and oxygen atoms in total. The molecule has 3 N–H and O–H groups in total. The van der Waals surface area contributed by atoms with Gasteiger partial charge in [-0.25, -0.2) is 13.9 Å². The molecule has 3 amide bonds. The summed E-state index contributed by atoms with van der Waals surface area (Å²) in [7, 11) is 0. The van der Waals surface area contributed by atoms with Crippen LogP contribution in [0.1, 0.15) is 56.3 Å². The highest BCUT2D eigenvalue weighted by molar-refractivity contribution is 5.91. The smallest absolute Gasteiger partial charge is 0.315 e. The normalized spacial score (nSPS) is 27.4. The van der Waals surface area contributed by atoms with E-state index < -0.39 is 5.82 Å². The summed E-state index contributed by atoms with van der Waals surface area (Å²) in [5.74, 6) is 1.54. The number of aryl methyl sites for hydroxylation is 2. The molecule has 6 rings (SSSR count). The molecule has 0 saturated heterocycles. The number of urea groups is 1. The summed E-state index contributed by atoms with van der Waals surface area (Å²) in [6, 6.07) is 6.23. The molecule has 0 atom stereocenters. The third-order valence-corrected chi connectivity index (χ3v) is 7.52. The lowest BCUT2D eigenvalue weighted by Gasteiger charge is -2.56. The van der Waals surface area contributed by atoms with Gasteiger partial charge in [0.25, 0.3) is 0 Å². The van der Waals surface area contributed by atoms with Gasteiger partial charge < -0.3 is 16.0 Å². The molecule has 0 aliphatic heterocycles. The zero-order chi connectivity index (χ0) is 23.2. The molecule has 2 aromatic rings. The predicted octanol–water partition coefficient (Wildman–Crippen LogP) is 4.22. The molecule has 0 radical (unpaired) electrons. The van der Waals surface area contributed by atoms with Crippen LogP contribution in [0.3, 0.4) is 0 Å². The first-order chi connectivity index (χ1) is 15.8. The number of rotatable bonds is 6. The summed E-state index contributed by atoms with van der Waals surface area (Å²) >= 11 is 0. The molecule has 0 spiro atoms. The van der Waals surface area contributed by atoms with Crippen LogP contribution in [-0.2, 0) is 4.79 Å². The average molecular weight is 454 g/mol. The van der Waals surface area contributed by atoms with Crippen LogP contribution < -0.4 is 16.0 Å². The third-order valence-electron chi connectivity index (χ3n) is 7.52. The van der Waals surface area contributed by atoms with E-state index >= 15 is 0 Å². The Hall–Kier alpha value is -2.90. The summed E-state index contributed by atoms with van der Waals surface area (Å²) in [6.07, 6.45) is 7.36. The number of amides is 3. The summed E-state index contributed by atoms with van der Waals surface area (Å²) in [5.41, 5.74) is 2.30. The van der Waals surface area contributed by atoms with Gasteiger partial charge in [0.1, 0.15) is 5.69 Å². The fourth-order valence-electron chi connectivity index (χ4n) is 6.69. The van der Waals surface area contributed by atoms with Crippen molar-refractivity contribution >= 4 is 17.6 Å². The van der Waals surface area contributed by atoms with E-state index in [4.69, 9.17) is 0 Å². The van der Waals surface area contributed by atoms with Crippen molar-refractivity contribution in [2.24, 2.45) is 17.8 Å². The largest absolute Gasteiger partial charge is 0.338 e. The molecule has 4 aliphatic rings. The standard InChI is InChI=1S/C25H32FN5O2/c1-15-7-16(2)31(30-15)22-4-3-20(11-21(22)26)28-23(32)5-6-27-24(33)29-25-12-17-8-18(13-25)10-19(9-17)14-25/h3-4,7,11,17-19H,5-6,8-10,12-14H2,1-2H3,(H,28,32)(H2,27,29,33). The molecule has 0 unspecified atom stereocenters. The second-order valence-electron chi connectivity index (χ2n) is 10.4. The van der Waals surface area contributed by atoms with Crippen molar-refractivity contribution in [1.82, 2.24) is 20.4 Å². The van der Waals surface area contributed by atoms with E-state index in [1.165, 1.54) is 25.3 Å². The topological polar surface area (TPSA) is 88.0 Å². The van der Waals surface area contributed by atoms with Crippen LogP contribution in [-0.4, -0.2) is 33.8 Å². The van der Waals surface area contributed by atoms with Crippen molar-refractivity contribution in [3.05, 3.63) is 41.5 Å². The highest BCUT2D eigenvalue weighted by Crippen LogP contribution is 2.55. The Kier molecular flexibility index (Phi) is 5.62. The number of carbonyl (C=O) groups is 2. The molecule has 176 valence electrons. The Morgan fingerprint density at radius 3 is 2.33 bits per heavy atom. The predicted molar refractivity (Wildman–Crippen MR) is 124 cm³/mol. The fraction of sp³-hybridized carbons (Fsp3) is 0.560. The number of hydrogen-bond acceptors (Lipinski definition) is 3. The van der Waals surface area contributed by atoms with Gasteiger partial charge in [0.15, 0.2) is 5.82 Å². The van der Waals surface area contributed by atoms with E-state index in [0.717, 1.165) is 48.4 Å².